The van der Waals surface area contributed by atoms with Crippen molar-refractivity contribution < 1.29 is 22.7 Å². The van der Waals surface area contributed by atoms with Gasteiger partial charge in [0.1, 0.15) is 12.7 Å². The lowest BCUT2D eigenvalue weighted by Gasteiger charge is -2.33. The predicted octanol–water partition coefficient (Wildman–Crippen LogP) is 2.51. The number of sulfone groups is 1. The molecule has 10 heteroatoms. The molecule has 1 fully saturated rings. The van der Waals surface area contributed by atoms with Crippen molar-refractivity contribution >= 4 is 32.6 Å². The van der Waals surface area contributed by atoms with Crippen LogP contribution in [0.15, 0.2) is 47.4 Å². The summed E-state index contributed by atoms with van der Waals surface area (Å²) in [4.78, 5) is 24.5. The number of amides is 1. The van der Waals surface area contributed by atoms with E-state index in [4.69, 9.17) is 9.47 Å². The van der Waals surface area contributed by atoms with Gasteiger partial charge in [-0.25, -0.2) is 18.4 Å². The monoisotopic (exact) mass is 496 g/mol. The van der Waals surface area contributed by atoms with Gasteiger partial charge in [0.15, 0.2) is 21.3 Å². The number of ether oxygens (including phenoxy) is 2. The fourth-order valence-corrected chi connectivity index (χ4v) is 5.16. The number of rotatable bonds is 5. The highest BCUT2D eigenvalue weighted by atomic mass is 32.2. The number of nitrogens with zero attached hydrogens (tertiary/aromatic N) is 3. The van der Waals surface area contributed by atoms with Crippen molar-refractivity contribution in [3.63, 3.8) is 0 Å². The number of carbonyl (C=O) groups excluding carboxylic acids is 1. The molecule has 2 aliphatic rings. The number of benzene rings is 2. The first-order valence-corrected chi connectivity index (χ1v) is 13.6. The molecule has 2 aliphatic heterocycles. The highest BCUT2D eigenvalue weighted by Gasteiger charge is 2.29. The summed E-state index contributed by atoms with van der Waals surface area (Å²) < 4.78 is 35.6. The second-order valence-electron chi connectivity index (χ2n) is 9.09. The van der Waals surface area contributed by atoms with Gasteiger partial charge in [0.25, 0.3) is 0 Å². The minimum absolute atomic E-state index is 0.0333. The van der Waals surface area contributed by atoms with Gasteiger partial charge < -0.3 is 19.7 Å². The number of hydrogen-bond acceptors (Lipinski definition) is 8. The van der Waals surface area contributed by atoms with Crippen LogP contribution in [0.1, 0.15) is 18.5 Å². The third-order valence-electron chi connectivity index (χ3n) is 6.42. The molecule has 2 atom stereocenters. The zero-order valence-corrected chi connectivity index (χ0v) is 20.5. The van der Waals surface area contributed by atoms with Crippen LogP contribution in [0.25, 0.3) is 10.9 Å². The van der Waals surface area contributed by atoms with Crippen LogP contribution in [0.3, 0.4) is 0 Å². The molecule has 0 bridgehead atoms. The Hall–Kier alpha value is -3.40. The normalized spacial score (nSPS) is 20.0. The van der Waals surface area contributed by atoms with Crippen LogP contribution in [-0.2, 0) is 14.6 Å². The molecule has 184 valence electrons. The zero-order chi connectivity index (χ0) is 24.6. The van der Waals surface area contributed by atoms with Gasteiger partial charge in [0.2, 0.25) is 11.9 Å². The molecule has 1 amide bonds. The summed E-state index contributed by atoms with van der Waals surface area (Å²) in [6.45, 7) is 3.85. The highest BCUT2D eigenvalue weighted by Crippen LogP contribution is 2.31. The minimum Gasteiger partial charge on any atom is -0.486 e. The molecule has 1 saturated heterocycles. The molecule has 0 spiro atoms. The first kappa shape index (κ1) is 23.3. The molecule has 5 rings (SSSR count). The smallest absolute Gasteiger partial charge is 0.226 e. The molecule has 0 aliphatic carbocycles. The van der Waals surface area contributed by atoms with Crippen molar-refractivity contribution in [1.29, 1.82) is 0 Å². The number of fused-ring (bicyclic) bond motifs is 2. The average molecular weight is 497 g/mol. The summed E-state index contributed by atoms with van der Waals surface area (Å²) >= 11 is 0. The van der Waals surface area contributed by atoms with Crippen LogP contribution in [0.2, 0.25) is 0 Å². The maximum atomic E-state index is 13.0. The fraction of sp³-hybridized carbons (Fsp3) is 0.400. The van der Waals surface area contributed by atoms with E-state index in [1.165, 1.54) is 6.26 Å². The van der Waals surface area contributed by atoms with Gasteiger partial charge in [-0.05, 0) is 50.1 Å². The Morgan fingerprint density at radius 1 is 1.17 bits per heavy atom. The fourth-order valence-electron chi connectivity index (χ4n) is 4.52. The predicted molar refractivity (Wildman–Crippen MR) is 132 cm³/mol. The second kappa shape index (κ2) is 9.33. The average Bonchev–Trinajstić information content (AvgIpc) is 2.86. The van der Waals surface area contributed by atoms with E-state index in [2.05, 4.69) is 15.3 Å². The van der Waals surface area contributed by atoms with Crippen molar-refractivity contribution in [3.05, 3.63) is 48.2 Å². The first-order valence-electron chi connectivity index (χ1n) is 11.7. The molecular weight excluding hydrogens is 468 g/mol. The van der Waals surface area contributed by atoms with E-state index in [9.17, 15) is 13.2 Å². The van der Waals surface area contributed by atoms with E-state index in [0.29, 0.717) is 42.7 Å². The molecular formula is C25H28N4O5S. The minimum atomic E-state index is -3.34. The summed E-state index contributed by atoms with van der Waals surface area (Å²) in [7, 11) is -3.34. The van der Waals surface area contributed by atoms with Gasteiger partial charge in [-0.15, -0.1) is 0 Å². The molecule has 0 saturated carbocycles. The van der Waals surface area contributed by atoms with Crippen molar-refractivity contribution in [2.24, 2.45) is 5.92 Å². The molecule has 2 aromatic carbocycles. The second-order valence-corrected chi connectivity index (χ2v) is 11.1. The quantitative estimate of drug-likeness (QED) is 0.574. The lowest BCUT2D eigenvalue weighted by atomic mass is 9.97. The molecule has 9 nitrogen and oxygen atoms in total. The number of anilines is 1. The standard InChI is InChI=1S/C25H28N4O5S/c1-16-20-10-9-19(35(2,31)32)12-21(20)28-25(27-16)29-11-5-6-17(14-29)24(30)26-13-18-15-33-22-7-3-4-8-23(22)34-18/h3-4,7-10,12,17-18H,5-6,11,13-15H2,1-2H3,(H,26,30)/t17-,18-/m0/s1. The lowest BCUT2D eigenvalue weighted by molar-refractivity contribution is -0.125. The summed E-state index contributed by atoms with van der Waals surface area (Å²) in [6.07, 6.45) is 2.54. The van der Waals surface area contributed by atoms with Crippen LogP contribution in [0.4, 0.5) is 5.95 Å². The SMILES string of the molecule is Cc1nc(N2CCC[C@H](C(=O)NC[C@H]3COc4ccccc4O3)C2)nc2cc(S(C)(=O)=O)ccc12. The first-order chi connectivity index (χ1) is 16.8. The lowest BCUT2D eigenvalue weighted by Crippen LogP contribution is -2.47. The number of nitrogens with one attached hydrogen (secondary N) is 1. The molecule has 3 heterocycles. The summed E-state index contributed by atoms with van der Waals surface area (Å²) in [5, 5.41) is 3.82. The number of hydrogen-bond donors (Lipinski definition) is 1. The Balaban J connectivity index is 1.26. The van der Waals surface area contributed by atoms with Crippen LogP contribution in [-0.4, -0.2) is 62.9 Å². The molecule has 3 aromatic rings. The van der Waals surface area contributed by atoms with Crippen molar-refractivity contribution in [2.45, 2.75) is 30.8 Å². The number of piperidine rings is 1. The van der Waals surface area contributed by atoms with Gasteiger partial charge in [0, 0.05) is 24.7 Å². The van der Waals surface area contributed by atoms with Crippen LogP contribution >= 0.6 is 0 Å². The number of aryl methyl sites for hydroxylation is 1. The van der Waals surface area contributed by atoms with Gasteiger partial charge in [-0.1, -0.05) is 12.1 Å². The topological polar surface area (TPSA) is 111 Å². The van der Waals surface area contributed by atoms with Crippen LogP contribution in [0, 0.1) is 12.8 Å². The van der Waals surface area contributed by atoms with E-state index in [-0.39, 0.29) is 22.8 Å². The van der Waals surface area contributed by atoms with E-state index >= 15 is 0 Å². The Morgan fingerprint density at radius 2 is 1.97 bits per heavy atom. The largest absolute Gasteiger partial charge is 0.486 e. The van der Waals surface area contributed by atoms with Crippen molar-refractivity contribution in [2.75, 3.05) is 37.4 Å². The Kier molecular flexibility index (Phi) is 6.22. The number of aromatic nitrogens is 2. The van der Waals surface area contributed by atoms with Gasteiger partial charge in [-0.3, -0.25) is 4.79 Å². The third kappa shape index (κ3) is 5.02. The van der Waals surface area contributed by atoms with Crippen molar-refractivity contribution in [1.82, 2.24) is 15.3 Å². The Morgan fingerprint density at radius 3 is 2.77 bits per heavy atom. The van der Waals surface area contributed by atoms with E-state index in [0.717, 1.165) is 30.5 Å². The highest BCUT2D eigenvalue weighted by molar-refractivity contribution is 7.90. The third-order valence-corrected chi connectivity index (χ3v) is 7.53. The van der Waals surface area contributed by atoms with E-state index < -0.39 is 9.84 Å². The van der Waals surface area contributed by atoms with Crippen molar-refractivity contribution in [3.8, 4) is 11.5 Å². The molecule has 1 N–H and O–H groups in total. The molecule has 0 unspecified atom stereocenters. The maximum absolute atomic E-state index is 13.0. The zero-order valence-electron chi connectivity index (χ0n) is 19.7. The van der Waals surface area contributed by atoms with E-state index in [1.54, 1.807) is 18.2 Å². The Labute approximate surface area is 204 Å². The van der Waals surface area contributed by atoms with E-state index in [1.807, 2.05) is 36.1 Å². The number of para-hydroxylation sites is 2. The molecule has 35 heavy (non-hydrogen) atoms. The Bertz CT molecular complexity index is 1380. The summed E-state index contributed by atoms with van der Waals surface area (Å²) in [5.74, 6) is 1.67. The van der Waals surface area contributed by atoms with Gasteiger partial charge in [-0.2, -0.15) is 0 Å². The van der Waals surface area contributed by atoms with Crippen LogP contribution < -0.4 is 19.7 Å². The molecule has 1 aromatic heterocycles. The number of carbonyl (C=O) groups is 1. The van der Waals surface area contributed by atoms with Crippen LogP contribution in [0.5, 0.6) is 11.5 Å². The maximum Gasteiger partial charge on any atom is 0.226 e. The summed E-state index contributed by atoms with van der Waals surface area (Å²) in [5.41, 5.74) is 1.35. The van der Waals surface area contributed by atoms with Gasteiger partial charge in [0.05, 0.1) is 28.6 Å². The summed E-state index contributed by atoms with van der Waals surface area (Å²) in [6, 6.07) is 12.4. The molecule has 0 radical (unpaired) electrons. The van der Waals surface area contributed by atoms with Gasteiger partial charge >= 0.3 is 0 Å².